The van der Waals surface area contributed by atoms with Gasteiger partial charge in [-0.2, -0.15) is 0 Å². The molecular formula is C24H41N. The fraction of sp³-hybridized carbons (Fsp3) is 0.500. The molecule has 1 heteroatoms. The number of aryl methyl sites for hydroxylation is 1. The Kier molecular flexibility index (Phi) is 14.9. The molecule has 0 fully saturated rings. The van der Waals surface area contributed by atoms with E-state index in [1.54, 1.807) is 0 Å². The smallest absolute Gasteiger partial charge is 0.0172 e. The second kappa shape index (κ2) is 14.6. The van der Waals surface area contributed by atoms with Crippen molar-refractivity contribution in [1.29, 1.82) is 0 Å². The molecule has 0 N–H and O–H groups in total. The van der Waals surface area contributed by atoms with Gasteiger partial charge in [-0.05, 0) is 56.2 Å². The van der Waals surface area contributed by atoms with Crippen LogP contribution in [0.25, 0.3) is 12.2 Å². The molecule has 0 heterocycles. The lowest BCUT2D eigenvalue weighted by molar-refractivity contribution is 0.364. The maximum Gasteiger partial charge on any atom is 0.0172 e. The van der Waals surface area contributed by atoms with Crippen LogP contribution in [0, 0.1) is 6.92 Å². The minimum Gasteiger partial charge on any atom is -0.375 e. The van der Waals surface area contributed by atoms with E-state index in [9.17, 15) is 0 Å². The zero-order chi connectivity index (χ0) is 20.0. The average molecular weight is 344 g/mol. The van der Waals surface area contributed by atoms with Crippen LogP contribution in [-0.4, -0.2) is 18.0 Å². The summed E-state index contributed by atoms with van der Waals surface area (Å²) < 4.78 is 0. The number of benzene rings is 1. The summed E-state index contributed by atoms with van der Waals surface area (Å²) in [5.41, 5.74) is 4.81. The minimum atomic E-state index is 1.03. The zero-order valence-electron chi connectivity index (χ0n) is 18.3. The van der Waals surface area contributed by atoms with Gasteiger partial charge in [-0.15, -0.1) is 0 Å². The van der Waals surface area contributed by atoms with Gasteiger partial charge in [-0.3, -0.25) is 0 Å². The lowest BCUT2D eigenvalue weighted by Gasteiger charge is -2.23. The molecule has 1 nitrogen and oxygen atoms in total. The molecule has 1 aromatic carbocycles. The van der Waals surface area contributed by atoms with Crippen molar-refractivity contribution in [3.8, 4) is 0 Å². The maximum absolute atomic E-state index is 4.17. The molecular weight excluding hydrogens is 302 g/mol. The second-order valence-electron chi connectivity index (χ2n) is 5.72. The van der Waals surface area contributed by atoms with Gasteiger partial charge >= 0.3 is 0 Å². The molecule has 0 aliphatic rings. The summed E-state index contributed by atoms with van der Waals surface area (Å²) in [5.74, 6) is 0. The highest BCUT2D eigenvalue weighted by molar-refractivity contribution is 5.72. The minimum absolute atomic E-state index is 1.03. The summed E-state index contributed by atoms with van der Waals surface area (Å²) in [6, 6.07) is 6.39. The van der Waals surface area contributed by atoms with Crippen LogP contribution in [0.15, 0.2) is 42.1 Å². The van der Waals surface area contributed by atoms with E-state index < -0.39 is 0 Å². The molecule has 0 amide bonds. The molecule has 0 spiro atoms. The molecule has 25 heavy (non-hydrogen) atoms. The van der Waals surface area contributed by atoms with E-state index in [-0.39, 0.29) is 0 Å². The topological polar surface area (TPSA) is 3.24 Å². The van der Waals surface area contributed by atoms with Crippen molar-refractivity contribution in [2.75, 3.05) is 13.1 Å². The summed E-state index contributed by atoms with van der Waals surface area (Å²) in [7, 11) is 0. The van der Waals surface area contributed by atoms with Gasteiger partial charge < -0.3 is 4.90 Å². The zero-order valence-corrected chi connectivity index (χ0v) is 18.3. The first-order chi connectivity index (χ1) is 11.9. The van der Waals surface area contributed by atoms with Crippen LogP contribution >= 0.6 is 0 Å². The van der Waals surface area contributed by atoms with Crippen LogP contribution in [0.5, 0.6) is 0 Å². The number of hydrogen-bond acceptors (Lipinski definition) is 1. The summed E-state index contributed by atoms with van der Waals surface area (Å²) in [6.45, 7) is 29.2. The molecule has 0 saturated carbocycles. The molecule has 0 aliphatic carbocycles. The second-order valence-corrected chi connectivity index (χ2v) is 5.72. The molecule has 0 bridgehead atoms. The fourth-order valence-corrected chi connectivity index (χ4v) is 2.53. The summed E-state index contributed by atoms with van der Waals surface area (Å²) in [4.78, 5) is 2.40. The molecule has 0 atom stereocenters. The van der Waals surface area contributed by atoms with Gasteiger partial charge in [0.1, 0.15) is 0 Å². The van der Waals surface area contributed by atoms with Crippen molar-refractivity contribution in [3.63, 3.8) is 0 Å². The van der Waals surface area contributed by atoms with Gasteiger partial charge in [0.2, 0.25) is 0 Å². The van der Waals surface area contributed by atoms with Crippen molar-refractivity contribution in [3.05, 3.63) is 58.1 Å². The van der Waals surface area contributed by atoms with E-state index in [0.29, 0.717) is 0 Å². The third kappa shape index (κ3) is 8.77. The molecule has 0 aliphatic heterocycles. The van der Waals surface area contributed by atoms with Gasteiger partial charge in [0.05, 0.1) is 0 Å². The first kappa shape index (κ1) is 25.5. The van der Waals surface area contributed by atoms with E-state index >= 15 is 0 Å². The van der Waals surface area contributed by atoms with E-state index in [2.05, 4.69) is 77.0 Å². The van der Waals surface area contributed by atoms with E-state index in [4.69, 9.17) is 0 Å². The van der Waals surface area contributed by atoms with Gasteiger partial charge in [-0.1, -0.05) is 77.1 Å². The molecule has 0 saturated heterocycles. The number of hydrogen-bond donors (Lipinski definition) is 0. The molecule has 1 rings (SSSR count). The van der Waals surface area contributed by atoms with Crippen LogP contribution in [-0.2, 0) is 0 Å². The highest BCUT2D eigenvalue weighted by Crippen LogP contribution is 2.14. The lowest BCUT2D eigenvalue weighted by Crippen LogP contribution is -2.27. The Morgan fingerprint density at radius 2 is 1.64 bits per heavy atom. The van der Waals surface area contributed by atoms with Crippen LogP contribution in [0.3, 0.4) is 0 Å². The SMILES string of the molecule is C=C(C)C(/C=C(\C)N(CC)CCC)=c1\cc(C)ccc1=C.CC.CC. The molecule has 0 radical (unpaired) electrons. The number of nitrogens with zero attached hydrogens (tertiary/aromatic N) is 1. The van der Waals surface area contributed by atoms with Gasteiger partial charge in [-0.25, -0.2) is 0 Å². The van der Waals surface area contributed by atoms with E-state index in [1.165, 1.54) is 22.1 Å². The van der Waals surface area contributed by atoms with Gasteiger partial charge in [0, 0.05) is 18.8 Å². The Bertz CT molecular complexity index is 635. The van der Waals surface area contributed by atoms with Crippen molar-refractivity contribution < 1.29 is 0 Å². The van der Waals surface area contributed by atoms with Crippen molar-refractivity contribution in [2.24, 2.45) is 0 Å². The highest BCUT2D eigenvalue weighted by Gasteiger charge is 2.04. The Labute approximate surface area is 157 Å². The van der Waals surface area contributed by atoms with Crippen molar-refractivity contribution in [1.82, 2.24) is 4.90 Å². The third-order valence-corrected chi connectivity index (χ3v) is 3.74. The predicted octanol–water partition coefficient (Wildman–Crippen LogP) is 5.82. The average Bonchev–Trinajstić information content (AvgIpc) is 2.62. The highest BCUT2D eigenvalue weighted by atomic mass is 15.1. The predicted molar refractivity (Wildman–Crippen MR) is 118 cm³/mol. The Morgan fingerprint density at radius 3 is 2.08 bits per heavy atom. The number of rotatable bonds is 6. The largest absolute Gasteiger partial charge is 0.375 e. The Morgan fingerprint density at radius 1 is 1.08 bits per heavy atom. The Balaban J connectivity index is 0. The van der Waals surface area contributed by atoms with Gasteiger partial charge in [0.25, 0.3) is 0 Å². The normalized spacial score (nSPS) is 11.5. The molecule has 142 valence electrons. The van der Waals surface area contributed by atoms with Crippen molar-refractivity contribution in [2.45, 2.75) is 68.7 Å². The standard InChI is InChI=1S/C20H29N.2C2H6/c1-8-12-21(9-2)18(7)14-19(15(3)4)20-13-16(5)10-11-17(20)6;2*1-2/h10-11,13-14H,3,6,8-9,12H2,1-2,4-5,7H3;2*1-2H3/b18-14+,20-19+;;. The summed E-state index contributed by atoms with van der Waals surface area (Å²) >= 11 is 0. The van der Waals surface area contributed by atoms with Crippen molar-refractivity contribution >= 4 is 12.2 Å². The molecule has 1 aromatic rings. The Hall–Kier alpha value is -1.76. The molecule has 0 aromatic heterocycles. The summed E-state index contributed by atoms with van der Waals surface area (Å²) in [5, 5.41) is 2.25. The fourth-order valence-electron chi connectivity index (χ4n) is 2.53. The van der Waals surface area contributed by atoms with Crippen LogP contribution in [0.2, 0.25) is 0 Å². The van der Waals surface area contributed by atoms with Gasteiger partial charge in [0.15, 0.2) is 0 Å². The maximum atomic E-state index is 4.17. The molecule has 0 unspecified atom stereocenters. The quantitative estimate of drug-likeness (QED) is 0.629. The first-order valence-electron chi connectivity index (χ1n) is 9.79. The van der Waals surface area contributed by atoms with Crippen LogP contribution in [0.1, 0.15) is 67.4 Å². The van der Waals surface area contributed by atoms with Crippen LogP contribution in [0.4, 0.5) is 0 Å². The third-order valence-electron chi connectivity index (χ3n) is 3.74. The first-order valence-corrected chi connectivity index (χ1v) is 9.79. The summed E-state index contributed by atoms with van der Waals surface area (Å²) in [6.07, 6.45) is 3.41. The monoisotopic (exact) mass is 343 g/mol. The van der Waals surface area contributed by atoms with Crippen LogP contribution < -0.4 is 10.4 Å². The lowest BCUT2D eigenvalue weighted by atomic mass is 10.0. The number of allylic oxidation sites excluding steroid dienone is 3. The van der Waals surface area contributed by atoms with E-state index in [1.807, 2.05) is 27.7 Å². The van der Waals surface area contributed by atoms with E-state index in [0.717, 1.165) is 30.3 Å².